The summed E-state index contributed by atoms with van der Waals surface area (Å²) in [7, 11) is 0. The summed E-state index contributed by atoms with van der Waals surface area (Å²) >= 11 is 0. The minimum absolute atomic E-state index is 0.241. The van der Waals surface area contributed by atoms with E-state index in [1.165, 1.54) is 0 Å². The number of halogens is 3. The fourth-order valence-corrected chi connectivity index (χ4v) is 1.02. The summed E-state index contributed by atoms with van der Waals surface area (Å²) in [4.78, 5) is 10.6. The highest BCUT2D eigenvalue weighted by Gasteiger charge is 2.14. The normalized spacial score (nSPS) is 12.2. The van der Waals surface area contributed by atoms with Crippen molar-refractivity contribution in [3.8, 4) is 0 Å². The van der Waals surface area contributed by atoms with Crippen molar-refractivity contribution in [3.63, 3.8) is 0 Å². The molecule has 1 aromatic carbocycles. The lowest BCUT2D eigenvalue weighted by Gasteiger charge is -2.11. The Morgan fingerprint density at radius 1 is 1.31 bits per heavy atom. The Hall–Kier alpha value is -1.76. The fraction of sp³-hybridized carbons (Fsp3) is 0.222. The molecule has 0 spiro atoms. The molecule has 0 aliphatic carbocycles. The highest BCUT2D eigenvalue weighted by Crippen LogP contribution is 2.19. The van der Waals surface area contributed by atoms with Gasteiger partial charge in [0, 0.05) is 18.7 Å². The van der Waals surface area contributed by atoms with Crippen molar-refractivity contribution < 1.29 is 18.0 Å². The van der Waals surface area contributed by atoms with E-state index < -0.39 is 35.1 Å². The summed E-state index contributed by atoms with van der Waals surface area (Å²) in [5, 5.41) is 2.25. The first-order chi connectivity index (χ1) is 7.41. The number of carbonyl (C=O) groups excluding carboxylic acids is 1. The number of nitrogens with one attached hydrogen (secondary N) is 1. The van der Waals surface area contributed by atoms with E-state index in [9.17, 15) is 18.0 Å². The molecule has 0 aliphatic heterocycles. The molecule has 16 heavy (non-hydrogen) atoms. The molecule has 1 aromatic rings. The van der Waals surface area contributed by atoms with E-state index in [1.807, 2.05) is 0 Å². The average molecular weight is 233 g/mol. The molecule has 1 rings (SSSR count). The Bertz CT molecular complexity index is 388. The SMILES string of the molecule is NC(=O)C(N)CNc1c(F)cc(F)cc1F. The maximum absolute atomic E-state index is 13.1. The van der Waals surface area contributed by atoms with Crippen molar-refractivity contribution in [1.82, 2.24) is 0 Å². The van der Waals surface area contributed by atoms with Gasteiger partial charge in [0.25, 0.3) is 0 Å². The third kappa shape index (κ3) is 2.86. The monoisotopic (exact) mass is 233 g/mol. The number of rotatable bonds is 4. The summed E-state index contributed by atoms with van der Waals surface area (Å²) in [6.07, 6.45) is 0. The first kappa shape index (κ1) is 12.3. The predicted molar refractivity (Wildman–Crippen MR) is 52.0 cm³/mol. The van der Waals surface area contributed by atoms with Gasteiger partial charge in [0.1, 0.15) is 17.5 Å². The van der Waals surface area contributed by atoms with Gasteiger partial charge < -0.3 is 16.8 Å². The Labute approximate surface area is 89.4 Å². The highest BCUT2D eigenvalue weighted by atomic mass is 19.1. The van der Waals surface area contributed by atoms with E-state index in [0.717, 1.165) is 0 Å². The second-order valence-electron chi connectivity index (χ2n) is 3.13. The van der Waals surface area contributed by atoms with Crippen LogP contribution in [0.2, 0.25) is 0 Å². The maximum Gasteiger partial charge on any atom is 0.236 e. The molecule has 7 heteroatoms. The van der Waals surface area contributed by atoms with Crippen LogP contribution in [0.15, 0.2) is 12.1 Å². The number of amides is 1. The van der Waals surface area contributed by atoms with E-state index in [4.69, 9.17) is 11.5 Å². The zero-order valence-electron chi connectivity index (χ0n) is 8.14. The molecule has 0 heterocycles. The van der Waals surface area contributed by atoms with Gasteiger partial charge >= 0.3 is 0 Å². The first-order valence-corrected chi connectivity index (χ1v) is 4.35. The zero-order valence-corrected chi connectivity index (χ0v) is 8.14. The molecule has 1 unspecified atom stereocenters. The number of anilines is 1. The quantitative estimate of drug-likeness (QED) is 0.700. The smallest absolute Gasteiger partial charge is 0.236 e. The van der Waals surface area contributed by atoms with Gasteiger partial charge in [-0.2, -0.15) is 0 Å². The summed E-state index contributed by atoms with van der Waals surface area (Å²) in [6, 6.07) is -0.0496. The standard InChI is InChI=1S/C9H10F3N3O/c10-4-1-5(11)8(6(12)2-4)15-3-7(13)9(14)16/h1-2,7,15H,3,13H2,(H2,14,16). The minimum atomic E-state index is -1.10. The van der Waals surface area contributed by atoms with Gasteiger partial charge in [-0.3, -0.25) is 4.79 Å². The van der Waals surface area contributed by atoms with Crippen LogP contribution in [0.25, 0.3) is 0 Å². The van der Waals surface area contributed by atoms with Crippen molar-refractivity contribution in [1.29, 1.82) is 0 Å². The second kappa shape index (κ2) is 4.84. The molecular formula is C9H10F3N3O. The summed E-state index contributed by atoms with van der Waals surface area (Å²) in [5.74, 6) is -4.04. The van der Waals surface area contributed by atoms with Gasteiger partial charge in [0.15, 0.2) is 11.6 Å². The van der Waals surface area contributed by atoms with Crippen LogP contribution in [-0.2, 0) is 4.79 Å². The molecule has 0 saturated heterocycles. The van der Waals surface area contributed by atoms with Gasteiger partial charge in [-0.1, -0.05) is 0 Å². The predicted octanol–water partition coefficient (Wildman–Crippen LogP) is 0.328. The van der Waals surface area contributed by atoms with Crippen molar-refractivity contribution in [3.05, 3.63) is 29.6 Å². The van der Waals surface area contributed by atoms with Crippen LogP contribution in [-0.4, -0.2) is 18.5 Å². The molecule has 0 radical (unpaired) electrons. The van der Waals surface area contributed by atoms with E-state index >= 15 is 0 Å². The maximum atomic E-state index is 13.1. The number of hydrogen-bond acceptors (Lipinski definition) is 3. The first-order valence-electron chi connectivity index (χ1n) is 4.35. The van der Waals surface area contributed by atoms with Crippen molar-refractivity contribution in [2.75, 3.05) is 11.9 Å². The largest absolute Gasteiger partial charge is 0.378 e. The van der Waals surface area contributed by atoms with Crippen LogP contribution in [0.4, 0.5) is 18.9 Å². The Morgan fingerprint density at radius 3 is 2.25 bits per heavy atom. The molecule has 0 aliphatic rings. The molecule has 5 N–H and O–H groups in total. The van der Waals surface area contributed by atoms with E-state index in [1.54, 1.807) is 0 Å². The third-order valence-electron chi connectivity index (χ3n) is 1.87. The van der Waals surface area contributed by atoms with Crippen LogP contribution in [0.5, 0.6) is 0 Å². The molecule has 88 valence electrons. The Morgan fingerprint density at radius 2 is 1.81 bits per heavy atom. The molecule has 1 amide bonds. The van der Waals surface area contributed by atoms with Crippen molar-refractivity contribution in [2.24, 2.45) is 11.5 Å². The lowest BCUT2D eigenvalue weighted by atomic mass is 10.2. The number of benzene rings is 1. The van der Waals surface area contributed by atoms with Gasteiger partial charge in [-0.25, -0.2) is 13.2 Å². The van der Waals surface area contributed by atoms with Crippen LogP contribution >= 0.6 is 0 Å². The van der Waals surface area contributed by atoms with E-state index in [0.29, 0.717) is 12.1 Å². The summed E-state index contributed by atoms with van der Waals surface area (Å²) in [5.41, 5.74) is 9.54. The van der Waals surface area contributed by atoms with Crippen molar-refractivity contribution in [2.45, 2.75) is 6.04 Å². The minimum Gasteiger partial charge on any atom is -0.378 e. The third-order valence-corrected chi connectivity index (χ3v) is 1.87. The van der Waals surface area contributed by atoms with Gasteiger partial charge in [-0.05, 0) is 0 Å². The second-order valence-corrected chi connectivity index (χ2v) is 3.13. The lowest BCUT2D eigenvalue weighted by molar-refractivity contribution is -0.118. The average Bonchev–Trinajstić information content (AvgIpc) is 2.15. The van der Waals surface area contributed by atoms with Crippen molar-refractivity contribution >= 4 is 11.6 Å². The molecule has 0 bridgehead atoms. The van der Waals surface area contributed by atoms with Crippen LogP contribution < -0.4 is 16.8 Å². The van der Waals surface area contributed by atoms with Gasteiger partial charge in [0.05, 0.1) is 0 Å². The van der Waals surface area contributed by atoms with E-state index in [-0.39, 0.29) is 6.54 Å². The fourth-order valence-electron chi connectivity index (χ4n) is 1.02. The molecule has 1 atom stereocenters. The zero-order chi connectivity index (χ0) is 12.3. The number of nitrogens with two attached hydrogens (primary N) is 2. The van der Waals surface area contributed by atoms with Gasteiger partial charge in [-0.15, -0.1) is 0 Å². The molecular weight excluding hydrogens is 223 g/mol. The summed E-state index contributed by atoms with van der Waals surface area (Å²) in [6.45, 7) is -0.241. The Kier molecular flexibility index (Phi) is 3.73. The topological polar surface area (TPSA) is 81.1 Å². The van der Waals surface area contributed by atoms with Gasteiger partial charge in [0.2, 0.25) is 5.91 Å². The van der Waals surface area contributed by atoms with Crippen LogP contribution in [0.3, 0.4) is 0 Å². The molecule has 0 fully saturated rings. The van der Waals surface area contributed by atoms with E-state index in [2.05, 4.69) is 5.32 Å². The number of carbonyl (C=O) groups is 1. The highest BCUT2D eigenvalue weighted by molar-refractivity contribution is 5.80. The Balaban J connectivity index is 2.78. The van der Waals surface area contributed by atoms with Crippen LogP contribution in [0.1, 0.15) is 0 Å². The molecule has 0 saturated carbocycles. The lowest BCUT2D eigenvalue weighted by Crippen LogP contribution is -2.42. The van der Waals surface area contributed by atoms with Crippen LogP contribution in [0, 0.1) is 17.5 Å². The molecule has 4 nitrogen and oxygen atoms in total. The number of hydrogen-bond donors (Lipinski definition) is 3. The number of primary amides is 1. The molecule has 0 aromatic heterocycles. The summed E-state index contributed by atoms with van der Waals surface area (Å²) < 4.78 is 38.7.